The van der Waals surface area contributed by atoms with Gasteiger partial charge in [-0.1, -0.05) is 36.4 Å². The number of nitrogens with zero attached hydrogens (tertiary/aromatic N) is 5. The fourth-order valence-corrected chi connectivity index (χ4v) is 5.10. The third-order valence-corrected chi connectivity index (χ3v) is 7.10. The highest BCUT2D eigenvalue weighted by Crippen LogP contribution is 2.44. The number of carboxylic acids is 1. The second kappa shape index (κ2) is 10.2. The highest BCUT2D eigenvalue weighted by molar-refractivity contribution is 5.86. The van der Waals surface area contributed by atoms with E-state index in [0.29, 0.717) is 29.1 Å². The first-order valence-electron chi connectivity index (χ1n) is 12.4. The van der Waals surface area contributed by atoms with Gasteiger partial charge in [-0.2, -0.15) is 18.4 Å². The summed E-state index contributed by atoms with van der Waals surface area (Å²) >= 11 is 0. The minimum absolute atomic E-state index is 0.0761. The van der Waals surface area contributed by atoms with E-state index >= 15 is 0 Å². The number of aromatic nitrogens is 3. The number of alkyl halides is 3. The normalized spacial score (nSPS) is 15.6. The van der Waals surface area contributed by atoms with Crippen molar-refractivity contribution in [1.82, 2.24) is 19.0 Å². The van der Waals surface area contributed by atoms with E-state index in [1.54, 1.807) is 10.8 Å². The smallest absolute Gasteiger partial charge is 0.422 e. The number of aliphatic carboxylic acids is 1. The van der Waals surface area contributed by atoms with Gasteiger partial charge in [-0.25, -0.2) is 4.98 Å². The molecule has 4 aromatic rings. The summed E-state index contributed by atoms with van der Waals surface area (Å²) in [5, 5.41) is 30.0. The Bertz CT molecular complexity index is 1550. The molecule has 8 nitrogen and oxygen atoms in total. The quantitative estimate of drug-likeness (QED) is 0.351. The molecular formula is C28H26F3N5O3. The molecular weight excluding hydrogens is 511 g/mol. The molecule has 0 fully saturated rings. The number of hydrogen-bond donors (Lipinski definition) is 2. The molecule has 0 saturated carbocycles. The number of imidazole rings is 1. The molecule has 2 aromatic heterocycles. The van der Waals surface area contributed by atoms with Gasteiger partial charge < -0.3 is 19.3 Å². The van der Waals surface area contributed by atoms with Gasteiger partial charge in [0, 0.05) is 55.9 Å². The van der Waals surface area contributed by atoms with Crippen LogP contribution in [-0.4, -0.2) is 54.5 Å². The summed E-state index contributed by atoms with van der Waals surface area (Å²) in [5.74, 6) is -0.428. The Kier molecular flexibility index (Phi) is 6.92. The first kappa shape index (κ1) is 26.5. The fourth-order valence-electron chi connectivity index (χ4n) is 5.10. The summed E-state index contributed by atoms with van der Waals surface area (Å²) in [5.41, 5.74) is -1.31. The molecule has 0 bridgehead atoms. The predicted octanol–water partition coefficient (Wildman–Crippen LogP) is 4.04. The van der Waals surface area contributed by atoms with Crippen molar-refractivity contribution in [1.29, 1.82) is 5.26 Å². The Labute approximate surface area is 222 Å². The molecule has 1 atom stereocenters. The van der Waals surface area contributed by atoms with Crippen LogP contribution in [0.25, 0.3) is 10.9 Å². The van der Waals surface area contributed by atoms with Crippen molar-refractivity contribution in [2.75, 3.05) is 13.1 Å². The third-order valence-electron chi connectivity index (χ3n) is 7.10. The Morgan fingerprint density at radius 3 is 2.56 bits per heavy atom. The van der Waals surface area contributed by atoms with Crippen molar-refractivity contribution in [3.63, 3.8) is 0 Å². The molecule has 0 saturated heterocycles. The molecule has 0 aliphatic carbocycles. The van der Waals surface area contributed by atoms with E-state index in [0.717, 1.165) is 5.56 Å². The number of hydrogen-bond acceptors (Lipinski definition) is 5. The lowest BCUT2D eigenvalue weighted by Crippen LogP contribution is -2.52. The summed E-state index contributed by atoms with van der Waals surface area (Å²) in [6.07, 6.45) is -1.79. The average molecular weight is 538 g/mol. The lowest BCUT2D eigenvalue weighted by Gasteiger charge is -2.37. The minimum atomic E-state index is -4.99. The number of carbonyl (C=O) groups is 1. The SMILES string of the molecule is N#Cc1ccc2c(C(O)(CN3CCn4cc(CCC(=O)O)nc4C3)C(F)(F)F)cn(Cc3ccccc3)c2c1. The van der Waals surface area contributed by atoms with Crippen LogP contribution in [0.3, 0.4) is 0 Å². The van der Waals surface area contributed by atoms with Crippen molar-refractivity contribution >= 4 is 16.9 Å². The van der Waals surface area contributed by atoms with Crippen LogP contribution in [0.15, 0.2) is 60.9 Å². The second-order valence-corrected chi connectivity index (χ2v) is 9.80. The summed E-state index contributed by atoms with van der Waals surface area (Å²) in [7, 11) is 0. The largest absolute Gasteiger partial charge is 0.481 e. The van der Waals surface area contributed by atoms with Crippen LogP contribution >= 0.6 is 0 Å². The van der Waals surface area contributed by atoms with E-state index in [9.17, 15) is 28.3 Å². The van der Waals surface area contributed by atoms with Gasteiger partial charge in [0.15, 0.2) is 0 Å². The van der Waals surface area contributed by atoms with Gasteiger partial charge >= 0.3 is 12.1 Å². The molecule has 5 rings (SSSR count). The zero-order valence-electron chi connectivity index (χ0n) is 20.9. The van der Waals surface area contributed by atoms with Crippen molar-refractivity contribution in [3.05, 3.63) is 89.1 Å². The number of β-amino-alcohol motifs (C(OH)–C–C–N with tert-alkyl or cyclic N) is 1. The number of carboxylic acid groups (broad SMARTS) is 1. The lowest BCUT2D eigenvalue weighted by molar-refractivity contribution is -0.272. The maximum Gasteiger partial charge on any atom is 0.422 e. The second-order valence-electron chi connectivity index (χ2n) is 9.80. The van der Waals surface area contributed by atoms with Crippen LogP contribution in [0.4, 0.5) is 13.2 Å². The van der Waals surface area contributed by atoms with Crippen LogP contribution in [0.1, 0.15) is 34.6 Å². The topological polar surface area (TPSA) is 107 Å². The summed E-state index contributed by atoms with van der Waals surface area (Å²) < 4.78 is 47.6. The van der Waals surface area contributed by atoms with Crippen LogP contribution in [0, 0.1) is 11.3 Å². The molecule has 202 valence electrons. The van der Waals surface area contributed by atoms with Gasteiger partial charge in [0.25, 0.3) is 0 Å². The Hall–Kier alpha value is -4.14. The van der Waals surface area contributed by atoms with E-state index in [-0.39, 0.29) is 43.4 Å². The molecule has 2 aromatic carbocycles. The fraction of sp³-hybridized carbons (Fsp3) is 0.321. The zero-order chi connectivity index (χ0) is 27.8. The van der Waals surface area contributed by atoms with Crippen molar-refractivity contribution in [3.8, 4) is 6.07 Å². The Morgan fingerprint density at radius 2 is 1.87 bits per heavy atom. The highest BCUT2D eigenvalue weighted by Gasteiger charge is 2.57. The average Bonchev–Trinajstić information content (AvgIpc) is 3.48. The van der Waals surface area contributed by atoms with Gasteiger partial charge in [0.2, 0.25) is 5.60 Å². The monoisotopic (exact) mass is 537 g/mol. The molecule has 3 heterocycles. The van der Waals surface area contributed by atoms with Crippen LogP contribution in [0.2, 0.25) is 0 Å². The standard InChI is InChI=1S/C28H26F3N5O3/c29-28(30,31)27(39,18-34-10-11-35-15-21(7-9-26(37)38)33-25(35)17-34)23-16-36(14-19-4-2-1-3-5-19)24-12-20(13-32)6-8-22(23)24/h1-6,8,12,15-16,39H,7,9-11,14,17-18H2,(H,37,38). The maximum absolute atomic E-state index is 14.7. The maximum atomic E-state index is 14.7. The molecule has 39 heavy (non-hydrogen) atoms. The van der Waals surface area contributed by atoms with E-state index in [1.807, 2.05) is 41.0 Å². The molecule has 0 radical (unpaired) electrons. The van der Waals surface area contributed by atoms with Crippen molar-refractivity contribution in [2.45, 2.75) is 44.3 Å². The van der Waals surface area contributed by atoms with Gasteiger partial charge in [-0.05, 0) is 17.7 Å². The number of benzene rings is 2. The van der Waals surface area contributed by atoms with E-state index in [4.69, 9.17) is 5.11 Å². The molecule has 1 aliphatic rings. The Morgan fingerprint density at radius 1 is 1.10 bits per heavy atom. The van der Waals surface area contributed by atoms with Gasteiger partial charge in [0.1, 0.15) is 5.82 Å². The molecule has 11 heteroatoms. The third kappa shape index (κ3) is 5.26. The number of halogens is 3. The molecule has 0 amide bonds. The van der Waals surface area contributed by atoms with Crippen LogP contribution in [0.5, 0.6) is 0 Å². The first-order chi connectivity index (χ1) is 18.6. The van der Waals surface area contributed by atoms with Crippen LogP contribution < -0.4 is 0 Å². The van der Waals surface area contributed by atoms with Gasteiger partial charge in [-0.15, -0.1) is 0 Å². The minimum Gasteiger partial charge on any atom is -0.481 e. The summed E-state index contributed by atoms with van der Waals surface area (Å²) in [6.45, 7) is 0.247. The molecule has 0 spiro atoms. The first-order valence-corrected chi connectivity index (χ1v) is 12.4. The number of fused-ring (bicyclic) bond motifs is 2. The van der Waals surface area contributed by atoms with Crippen molar-refractivity contribution < 1.29 is 28.2 Å². The predicted molar refractivity (Wildman–Crippen MR) is 136 cm³/mol. The number of aryl methyl sites for hydroxylation is 1. The van der Waals surface area contributed by atoms with Crippen LogP contribution in [-0.2, 0) is 36.5 Å². The van der Waals surface area contributed by atoms with Gasteiger partial charge in [0.05, 0.1) is 35.8 Å². The highest BCUT2D eigenvalue weighted by atomic mass is 19.4. The van der Waals surface area contributed by atoms with E-state index < -0.39 is 24.3 Å². The lowest BCUT2D eigenvalue weighted by atomic mass is 9.91. The van der Waals surface area contributed by atoms with Gasteiger partial charge in [-0.3, -0.25) is 9.69 Å². The molecule has 1 aliphatic heterocycles. The summed E-state index contributed by atoms with van der Waals surface area (Å²) in [6, 6.07) is 15.7. The number of rotatable bonds is 8. The Balaban J connectivity index is 1.50. The number of aliphatic hydroxyl groups is 1. The zero-order valence-corrected chi connectivity index (χ0v) is 20.9. The molecule has 1 unspecified atom stereocenters. The van der Waals surface area contributed by atoms with E-state index in [2.05, 4.69) is 4.98 Å². The van der Waals surface area contributed by atoms with Crippen molar-refractivity contribution in [2.24, 2.45) is 0 Å². The molecule has 2 N–H and O–H groups in total. The van der Waals surface area contributed by atoms with E-state index in [1.165, 1.54) is 29.3 Å². The summed E-state index contributed by atoms with van der Waals surface area (Å²) in [4.78, 5) is 16.8. The number of nitriles is 1.